The van der Waals surface area contributed by atoms with Gasteiger partial charge < -0.3 is 9.31 Å². The van der Waals surface area contributed by atoms with Crippen LogP contribution in [-0.4, -0.2) is 18.3 Å². The fourth-order valence-electron chi connectivity index (χ4n) is 2.69. The molecular formula is C19H20BNO2. The van der Waals surface area contributed by atoms with Gasteiger partial charge in [-0.05, 0) is 56.4 Å². The van der Waals surface area contributed by atoms with Gasteiger partial charge in [0, 0.05) is 0 Å². The third-order valence-electron chi connectivity index (χ3n) is 4.77. The van der Waals surface area contributed by atoms with Crippen LogP contribution >= 0.6 is 0 Å². The van der Waals surface area contributed by atoms with Crippen molar-refractivity contribution in [3.8, 4) is 17.2 Å². The Labute approximate surface area is 138 Å². The van der Waals surface area contributed by atoms with E-state index in [-0.39, 0.29) is 11.2 Å². The summed E-state index contributed by atoms with van der Waals surface area (Å²) < 4.78 is 12.4. The van der Waals surface area contributed by atoms with Crippen LogP contribution < -0.4 is 5.46 Å². The summed E-state index contributed by atoms with van der Waals surface area (Å²) in [5.74, 6) is 0. The van der Waals surface area contributed by atoms with Gasteiger partial charge in [0.25, 0.3) is 0 Å². The van der Waals surface area contributed by atoms with Crippen LogP contribution in [0.1, 0.15) is 33.3 Å². The molecule has 0 radical (unpaired) electrons. The standard InChI is InChI=1S/C19H20BNO2/c1-18(2)19(3,4)23-20(22-18)17-11-6-5-10-16(17)15-9-7-8-14(12-15)13-21/h5-12H,1-4H3. The van der Waals surface area contributed by atoms with Gasteiger partial charge >= 0.3 is 7.12 Å². The van der Waals surface area contributed by atoms with E-state index in [4.69, 9.17) is 14.6 Å². The van der Waals surface area contributed by atoms with Crippen molar-refractivity contribution in [2.45, 2.75) is 38.9 Å². The van der Waals surface area contributed by atoms with Gasteiger partial charge in [0.15, 0.2) is 0 Å². The van der Waals surface area contributed by atoms with E-state index in [1.807, 2.05) is 70.2 Å². The fraction of sp³-hybridized carbons (Fsp3) is 0.316. The number of hydrogen-bond donors (Lipinski definition) is 0. The predicted molar refractivity (Wildman–Crippen MR) is 92.3 cm³/mol. The Hall–Kier alpha value is -2.09. The highest BCUT2D eigenvalue weighted by Gasteiger charge is 2.52. The topological polar surface area (TPSA) is 42.2 Å². The van der Waals surface area contributed by atoms with E-state index in [2.05, 4.69) is 6.07 Å². The van der Waals surface area contributed by atoms with Crippen molar-refractivity contribution >= 4 is 12.6 Å². The van der Waals surface area contributed by atoms with Crippen LogP contribution in [0.15, 0.2) is 48.5 Å². The first-order chi connectivity index (χ1) is 10.8. The van der Waals surface area contributed by atoms with E-state index >= 15 is 0 Å². The Morgan fingerprint density at radius 1 is 0.913 bits per heavy atom. The van der Waals surface area contributed by atoms with Crippen LogP contribution in [-0.2, 0) is 9.31 Å². The van der Waals surface area contributed by atoms with Crippen LogP contribution in [0.4, 0.5) is 0 Å². The van der Waals surface area contributed by atoms with E-state index in [9.17, 15) is 0 Å². The number of hydrogen-bond acceptors (Lipinski definition) is 3. The molecule has 1 aliphatic rings. The molecular weight excluding hydrogens is 285 g/mol. The Kier molecular flexibility index (Phi) is 3.79. The number of nitriles is 1. The minimum absolute atomic E-state index is 0.376. The summed E-state index contributed by atoms with van der Waals surface area (Å²) in [6, 6.07) is 17.8. The van der Waals surface area contributed by atoms with Crippen LogP contribution in [0.2, 0.25) is 0 Å². The molecule has 1 heterocycles. The van der Waals surface area contributed by atoms with Crippen molar-refractivity contribution in [2.75, 3.05) is 0 Å². The lowest BCUT2D eigenvalue weighted by Crippen LogP contribution is -2.41. The van der Waals surface area contributed by atoms with E-state index in [1.165, 1.54) is 0 Å². The average molecular weight is 305 g/mol. The number of rotatable bonds is 2. The molecule has 2 aromatic rings. The molecule has 0 atom stereocenters. The summed E-state index contributed by atoms with van der Waals surface area (Å²) in [6.07, 6.45) is 0. The molecule has 3 rings (SSSR count). The number of nitrogens with zero attached hydrogens (tertiary/aromatic N) is 1. The van der Waals surface area contributed by atoms with Gasteiger partial charge in [-0.2, -0.15) is 5.26 Å². The molecule has 23 heavy (non-hydrogen) atoms. The monoisotopic (exact) mass is 305 g/mol. The lowest BCUT2D eigenvalue weighted by Gasteiger charge is -2.32. The quantitative estimate of drug-likeness (QED) is 0.797. The Bertz CT molecular complexity index is 761. The van der Waals surface area contributed by atoms with Gasteiger partial charge in [-0.3, -0.25) is 0 Å². The van der Waals surface area contributed by atoms with Crippen molar-refractivity contribution in [3.63, 3.8) is 0 Å². The second kappa shape index (κ2) is 5.52. The van der Waals surface area contributed by atoms with Gasteiger partial charge in [-0.1, -0.05) is 36.4 Å². The first kappa shape index (κ1) is 15.8. The predicted octanol–water partition coefficient (Wildman–Crippen LogP) is 3.52. The largest absolute Gasteiger partial charge is 0.495 e. The zero-order chi connectivity index (χ0) is 16.7. The van der Waals surface area contributed by atoms with E-state index < -0.39 is 7.12 Å². The van der Waals surface area contributed by atoms with Crippen molar-refractivity contribution in [2.24, 2.45) is 0 Å². The highest BCUT2D eigenvalue weighted by molar-refractivity contribution is 6.63. The summed E-state index contributed by atoms with van der Waals surface area (Å²) in [7, 11) is -0.415. The minimum Gasteiger partial charge on any atom is -0.399 e. The molecule has 0 unspecified atom stereocenters. The molecule has 0 amide bonds. The van der Waals surface area contributed by atoms with Crippen molar-refractivity contribution in [1.82, 2.24) is 0 Å². The third kappa shape index (κ3) is 2.78. The second-order valence-corrected chi connectivity index (χ2v) is 6.87. The van der Waals surface area contributed by atoms with Crippen LogP contribution in [0.3, 0.4) is 0 Å². The Balaban J connectivity index is 2.05. The van der Waals surface area contributed by atoms with Crippen molar-refractivity contribution in [1.29, 1.82) is 5.26 Å². The highest BCUT2D eigenvalue weighted by Crippen LogP contribution is 2.37. The lowest BCUT2D eigenvalue weighted by molar-refractivity contribution is 0.00578. The summed E-state index contributed by atoms with van der Waals surface area (Å²) in [5, 5.41) is 9.13. The molecule has 4 heteroatoms. The van der Waals surface area contributed by atoms with Gasteiger partial charge in [0.2, 0.25) is 0 Å². The summed E-state index contributed by atoms with van der Waals surface area (Å²) >= 11 is 0. The molecule has 1 saturated heterocycles. The molecule has 0 aliphatic carbocycles. The molecule has 1 aliphatic heterocycles. The van der Waals surface area contributed by atoms with Crippen LogP contribution in [0.5, 0.6) is 0 Å². The summed E-state index contributed by atoms with van der Waals surface area (Å²) in [4.78, 5) is 0. The van der Waals surface area contributed by atoms with Crippen LogP contribution in [0, 0.1) is 11.3 Å². The minimum atomic E-state index is -0.415. The van der Waals surface area contributed by atoms with Gasteiger partial charge in [0.1, 0.15) is 0 Å². The van der Waals surface area contributed by atoms with Gasteiger partial charge in [-0.25, -0.2) is 0 Å². The zero-order valence-corrected chi connectivity index (χ0v) is 14.0. The maximum Gasteiger partial charge on any atom is 0.495 e. The first-order valence-electron chi connectivity index (χ1n) is 7.79. The van der Waals surface area contributed by atoms with Crippen LogP contribution in [0.25, 0.3) is 11.1 Å². The smallest absolute Gasteiger partial charge is 0.399 e. The zero-order valence-electron chi connectivity index (χ0n) is 14.0. The number of benzene rings is 2. The molecule has 0 N–H and O–H groups in total. The molecule has 0 spiro atoms. The highest BCUT2D eigenvalue weighted by atomic mass is 16.7. The molecule has 0 bridgehead atoms. The second-order valence-electron chi connectivity index (χ2n) is 6.87. The SMILES string of the molecule is CC1(C)OB(c2ccccc2-c2cccc(C#N)c2)OC1(C)C. The fourth-order valence-corrected chi connectivity index (χ4v) is 2.69. The van der Waals surface area contributed by atoms with E-state index in [0.29, 0.717) is 5.56 Å². The van der Waals surface area contributed by atoms with Gasteiger partial charge in [0.05, 0.1) is 22.8 Å². The van der Waals surface area contributed by atoms with E-state index in [0.717, 1.165) is 16.6 Å². The maximum atomic E-state index is 9.13. The summed E-state index contributed by atoms with van der Waals surface area (Å²) in [5.41, 5.74) is 2.91. The Morgan fingerprint density at radius 3 is 2.22 bits per heavy atom. The maximum absolute atomic E-state index is 9.13. The normalized spacial score (nSPS) is 18.7. The first-order valence-corrected chi connectivity index (χ1v) is 7.79. The third-order valence-corrected chi connectivity index (χ3v) is 4.77. The summed E-state index contributed by atoms with van der Waals surface area (Å²) in [6.45, 7) is 8.19. The molecule has 1 fully saturated rings. The molecule has 116 valence electrons. The average Bonchev–Trinajstić information content (AvgIpc) is 2.75. The lowest BCUT2D eigenvalue weighted by atomic mass is 9.74. The molecule has 0 saturated carbocycles. The van der Waals surface area contributed by atoms with E-state index in [1.54, 1.807) is 6.07 Å². The molecule has 2 aromatic carbocycles. The molecule has 0 aromatic heterocycles. The van der Waals surface area contributed by atoms with Crippen molar-refractivity contribution < 1.29 is 9.31 Å². The molecule has 3 nitrogen and oxygen atoms in total. The van der Waals surface area contributed by atoms with Gasteiger partial charge in [-0.15, -0.1) is 0 Å². The van der Waals surface area contributed by atoms with Crippen molar-refractivity contribution in [3.05, 3.63) is 54.1 Å². The Morgan fingerprint density at radius 2 is 1.57 bits per heavy atom.